The number of para-hydroxylation sites is 1. The maximum atomic E-state index is 10.5. The van der Waals surface area contributed by atoms with E-state index < -0.39 is 5.97 Å². The number of nitrogens with one attached hydrogen (secondary N) is 1. The summed E-state index contributed by atoms with van der Waals surface area (Å²) in [7, 11) is 0. The Hall–Kier alpha value is -0.394. The van der Waals surface area contributed by atoms with Gasteiger partial charge in [0.2, 0.25) is 0 Å². The molecule has 0 fully saturated rings. The first-order valence-electron chi connectivity index (χ1n) is 4.17. The first kappa shape index (κ1) is 12.7. The zero-order valence-corrected chi connectivity index (χ0v) is 11.5. The van der Waals surface area contributed by atoms with E-state index in [-0.39, 0.29) is 57.0 Å². The average molecular weight is 225 g/mol. The molecule has 0 aliphatic carbocycles. The summed E-state index contributed by atoms with van der Waals surface area (Å²) in [5.41, 5.74) is 1.36. The van der Waals surface area contributed by atoms with Gasteiger partial charge in [0, 0.05) is 22.2 Å². The number of hydrogen-bond acceptors (Lipinski definition) is 2. The van der Waals surface area contributed by atoms with Crippen molar-refractivity contribution in [2.45, 2.75) is 0 Å². The molecule has 0 unspecified atom stereocenters. The van der Waals surface area contributed by atoms with Gasteiger partial charge in [0.1, 0.15) is 0 Å². The summed E-state index contributed by atoms with van der Waals surface area (Å²) in [6, 6.07) is 9.29. The van der Waals surface area contributed by atoms with Crippen molar-refractivity contribution in [2.24, 2.45) is 0 Å². The van der Waals surface area contributed by atoms with E-state index >= 15 is 0 Å². The zero-order chi connectivity index (χ0) is 10.1. The van der Waals surface area contributed by atoms with Gasteiger partial charge in [0.05, 0.1) is 5.97 Å². The molecule has 0 atom stereocenters. The maximum Gasteiger partial charge on any atom is 1.00 e. The van der Waals surface area contributed by atoms with Crippen molar-refractivity contribution in [2.75, 3.05) is 0 Å². The number of carbonyl (C=O) groups is 1. The number of carbonyl (C=O) groups excluding carboxylic acids is 1. The minimum absolute atomic E-state index is 0. The van der Waals surface area contributed by atoms with Crippen LogP contribution in [0, 0.1) is 0 Å². The standard InChI is InChI=1S/C11H9NO2.K/c1-7(11(13)14)10-6-8-4-2-3-5-9(8)12-10;/h2-6,12H,1H2,(H,13,14);/q;+1/p-1. The van der Waals surface area contributed by atoms with Gasteiger partial charge in [0.15, 0.2) is 0 Å². The van der Waals surface area contributed by atoms with Crippen LogP contribution in [0.5, 0.6) is 0 Å². The van der Waals surface area contributed by atoms with Crippen molar-refractivity contribution < 1.29 is 61.3 Å². The number of H-pyrrole nitrogens is 1. The number of fused-ring (bicyclic) bond motifs is 1. The summed E-state index contributed by atoms with van der Waals surface area (Å²) >= 11 is 0. The summed E-state index contributed by atoms with van der Waals surface area (Å²) in [5, 5.41) is 11.5. The van der Waals surface area contributed by atoms with E-state index in [2.05, 4.69) is 11.6 Å². The second-order valence-electron chi connectivity index (χ2n) is 3.04. The first-order chi connectivity index (χ1) is 6.68. The smallest absolute Gasteiger partial charge is 0.545 e. The van der Waals surface area contributed by atoms with Crippen molar-refractivity contribution in [3.63, 3.8) is 0 Å². The molecule has 0 aliphatic rings. The molecule has 2 aromatic rings. The second-order valence-corrected chi connectivity index (χ2v) is 3.04. The fourth-order valence-corrected chi connectivity index (χ4v) is 1.35. The van der Waals surface area contributed by atoms with Gasteiger partial charge >= 0.3 is 51.4 Å². The molecule has 70 valence electrons. The van der Waals surface area contributed by atoms with E-state index in [1.165, 1.54) is 0 Å². The van der Waals surface area contributed by atoms with Crippen LogP contribution in [-0.2, 0) is 4.79 Å². The molecule has 0 radical (unpaired) electrons. The maximum absolute atomic E-state index is 10.5. The average Bonchev–Trinajstić information content (AvgIpc) is 2.59. The number of aromatic amines is 1. The fourth-order valence-electron chi connectivity index (χ4n) is 1.35. The minimum Gasteiger partial charge on any atom is -0.545 e. The van der Waals surface area contributed by atoms with Crippen molar-refractivity contribution in [1.29, 1.82) is 0 Å². The summed E-state index contributed by atoms with van der Waals surface area (Å²) in [4.78, 5) is 13.5. The molecule has 0 spiro atoms. The zero-order valence-electron chi connectivity index (χ0n) is 8.41. The number of aromatic nitrogens is 1. The molecular formula is C11H8KNO2. The molecule has 0 aliphatic heterocycles. The molecule has 0 saturated carbocycles. The van der Waals surface area contributed by atoms with Crippen LogP contribution in [0.15, 0.2) is 36.9 Å². The Bertz CT molecular complexity index is 483. The van der Waals surface area contributed by atoms with Crippen molar-refractivity contribution in [3.8, 4) is 0 Å². The predicted molar refractivity (Wildman–Crippen MR) is 52.3 cm³/mol. The van der Waals surface area contributed by atoms with Gasteiger partial charge in [-0.2, -0.15) is 0 Å². The fraction of sp³-hybridized carbons (Fsp3) is 0. The topological polar surface area (TPSA) is 55.9 Å². The van der Waals surface area contributed by atoms with Crippen LogP contribution in [0.25, 0.3) is 16.5 Å². The van der Waals surface area contributed by atoms with Gasteiger partial charge in [-0.15, -0.1) is 0 Å². The summed E-state index contributed by atoms with van der Waals surface area (Å²) in [5.74, 6) is -1.25. The Morgan fingerprint density at radius 1 is 1.33 bits per heavy atom. The van der Waals surface area contributed by atoms with Crippen LogP contribution < -0.4 is 56.5 Å². The van der Waals surface area contributed by atoms with Crippen LogP contribution in [0.4, 0.5) is 0 Å². The van der Waals surface area contributed by atoms with Crippen LogP contribution >= 0.6 is 0 Å². The Kier molecular flexibility index (Phi) is 4.30. The van der Waals surface area contributed by atoms with E-state index in [1.54, 1.807) is 6.07 Å². The van der Waals surface area contributed by atoms with E-state index in [9.17, 15) is 9.90 Å². The summed E-state index contributed by atoms with van der Waals surface area (Å²) in [6.45, 7) is 3.43. The minimum atomic E-state index is -1.25. The quantitative estimate of drug-likeness (QED) is 0.472. The van der Waals surface area contributed by atoms with Gasteiger partial charge in [-0.05, 0) is 12.1 Å². The van der Waals surface area contributed by atoms with Crippen LogP contribution in [-0.4, -0.2) is 11.0 Å². The SMILES string of the molecule is C=C(C(=O)[O-])c1cc2ccccc2[nH]1.[K+]. The number of carboxylic acids is 1. The number of rotatable bonds is 2. The Balaban J connectivity index is 0.00000112. The molecule has 1 heterocycles. The van der Waals surface area contributed by atoms with Crippen molar-refractivity contribution in [1.82, 2.24) is 4.98 Å². The largest absolute Gasteiger partial charge is 1.00 e. The molecule has 2 rings (SSSR count). The molecule has 1 N–H and O–H groups in total. The molecule has 4 heteroatoms. The Morgan fingerprint density at radius 2 is 2.00 bits per heavy atom. The third kappa shape index (κ3) is 2.59. The molecule has 15 heavy (non-hydrogen) atoms. The van der Waals surface area contributed by atoms with E-state index in [0.717, 1.165) is 10.9 Å². The second kappa shape index (κ2) is 5.09. The van der Waals surface area contributed by atoms with Crippen LogP contribution in [0.1, 0.15) is 5.69 Å². The number of aliphatic carboxylic acids is 1. The number of carboxylic acid groups (broad SMARTS) is 1. The predicted octanol–water partition coefficient (Wildman–Crippen LogP) is -2.06. The van der Waals surface area contributed by atoms with Gasteiger partial charge < -0.3 is 14.9 Å². The van der Waals surface area contributed by atoms with Crippen molar-refractivity contribution in [3.05, 3.63) is 42.6 Å². The molecule has 3 nitrogen and oxygen atoms in total. The number of benzene rings is 1. The van der Waals surface area contributed by atoms with Gasteiger partial charge in [-0.3, -0.25) is 0 Å². The molecule has 1 aromatic carbocycles. The van der Waals surface area contributed by atoms with E-state index in [0.29, 0.717) is 5.69 Å². The first-order valence-corrected chi connectivity index (χ1v) is 4.17. The van der Waals surface area contributed by atoms with Gasteiger partial charge in [-0.1, -0.05) is 24.8 Å². The Labute approximate surface area is 130 Å². The van der Waals surface area contributed by atoms with Gasteiger partial charge in [0.25, 0.3) is 0 Å². The molecule has 0 saturated heterocycles. The van der Waals surface area contributed by atoms with Crippen LogP contribution in [0.3, 0.4) is 0 Å². The molecule has 1 aromatic heterocycles. The van der Waals surface area contributed by atoms with E-state index in [1.807, 2.05) is 24.3 Å². The monoisotopic (exact) mass is 225 g/mol. The third-order valence-electron chi connectivity index (χ3n) is 2.10. The third-order valence-corrected chi connectivity index (χ3v) is 2.10. The van der Waals surface area contributed by atoms with Crippen molar-refractivity contribution >= 4 is 22.4 Å². The van der Waals surface area contributed by atoms with E-state index in [4.69, 9.17) is 0 Å². The van der Waals surface area contributed by atoms with Crippen LogP contribution in [0.2, 0.25) is 0 Å². The Morgan fingerprint density at radius 3 is 2.60 bits per heavy atom. The molecule has 0 bridgehead atoms. The summed E-state index contributed by atoms with van der Waals surface area (Å²) in [6.07, 6.45) is 0. The molecular weight excluding hydrogens is 217 g/mol. The molecule has 0 amide bonds. The normalized spacial score (nSPS) is 9.60. The number of hydrogen-bond donors (Lipinski definition) is 1. The summed E-state index contributed by atoms with van der Waals surface area (Å²) < 4.78 is 0. The van der Waals surface area contributed by atoms with Gasteiger partial charge in [-0.25, -0.2) is 0 Å².